The van der Waals surface area contributed by atoms with Crippen molar-refractivity contribution < 1.29 is 14.7 Å². The van der Waals surface area contributed by atoms with Crippen molar-refractivity contribution in [1.29, 1.82) is 0 Å². The van der Waals surface area contributed by atoms with E-state index < -0.39 is 11.9 Å². The molecule has 5 nitrogen and oxygen atoms in total. The largest absolute Gasteiger partial charge is 0.478 e. The molecule has 1 heterocycles. The van der Waals surface area contributed by atoms with Crippen molar-refractivity contribution in [3.8, 4) is 0 Å². The summed E-state index contributed by atoms with van der Waals surface area (Å²) in [6.07, 6.45) is 1.51. The van der Waals surface area contributed by atoms with E-state index in [1.54, 1.807) is 31.2 Å². The second-order valence-corrected chi connectivity index (χ2v) is 4.93. The smallest absolute Gasteiger partial charge is 0.336 e. The summed E-state index contributed by atoms with van der Waals surface area (Å²) in [7, 11) is 0. The number of aromatic nitrogens is 1. The van der Waals surface area contributed by atoms with Gasteiger partial charge in [0.25, 0.3) is 5.91 Å². The standard InChI is InChI=1S/C14H11BrN2O3/c1-8-9(14(19)20)4-2-6-11(8)17-13(18)12-10(15)5-3-7-16-12/h2-7H,1H3,(H,17,18)(H,19,20). The number of carboxylic acids is 1. The zero-order valence-electron chi connectivity index (χ0n) is 10.6. The minimum Gasteiger partial charge on any atom is -0.478 e. The number of carbonyl (C=O) groups is 2. The first kappa shape index (κ1) is 14.2. The average molecular weight is 335 g/mol. The summed E-state index contributed by atoms with van der Waals surface area (Å²) in [6, 6.07) is 8.14. The molecule has 0 unspecified atom stereocenters. The van der Waals surface area contributed by atoms with Crippen LogP contribution in [0.15, 0.2) is 41.0 Å². The molecule has 0 aliphatic rings. The van der Waals surface area contributed by atoms with Gasteiger partial charge < -0.3 is 10.4 Å². The molecular formula is C14H11BrN2O3. The van der Waals surface area contributed by atoms with Crippen LogP contribution in [0.1, 0.15) is 26.4 Å². The van der Waals surface area contributed by atoms with Crippen LogP contribution in [0.2, 0.25) is 0 Å². The first-order valence-corrected chi connectivity index (χ1v) is 6.55. The van der Waals surface area contributed by atoms with E-state index in [1.807, 2.05) is 0 Å². The van der Waals surface area contributed by atoms with Gasteiger partial charge in [0, 0.05) is 16.4 Å². The molecule has 20 heavy (non-hydrogen) atoms. The fourth-order valence-corrected chi connectivity index (χ4v) is 2.17. The van der Waals surface area contributed by atoms with Crippen molar-refractivity contribution in [2.75, 3.05) is 5.32 Å². The van der Waals surface area contributed by atoms with Crippen molar-refractivity contribution in [3.05, 3.63) is 57.8 Å². The Morgan fingerprint density at radius 1 is 1.25 bits per heavy atom. The van der Waals surface area contributed by atoms with Gasteiger partial charge in [0.1, 0.15) is 5.69 Å². The maximum Gasteiger partial charge on any atom is 0.336 e. The monoisotopic (exact) mass is 334 g/mol. The first-order chi connectivity index (χ1) is 9.50. The Morgan fingerprint density at radius 3 is 2.65 bits per heavy atom. The number of aromatic carboxylic acids is 1. The van der Waals surface area contributed by atoms with Gasteiger partial charge >= 0.3 is 5.97 Å². The van der Waals surface area contributed by atoms with Crippen molar-refractivity contribution in [2.24, 2.45) is 0 Å². The van der Waals surface area contributed by atoms with Crippen molar-refractivity contribution in [2.45, 2.75) is 6.92 Å². The van der Waals surface area contributed by atoms with Crippen molar-refractivity contribution >= 4 is 33.5 Å². The molecule has 0 saturated carbocycles. The van der Waals surface area contributed by atoms with E-state index in [1.165, 1.54) is 12.3 Å². The summed E-state index contributed by atoms with van der Waals surface area (Å²) in [5.74, 6) is -1.43. The lowest BCUT2D eigenvalue weighted by molar-refractivity contribution is 0.0695. The topological polar surface area (TPSA) is 79.3 Å². The average Bonchev–Trinajstić information content (AvgIpc) is 2.41. The Labute approximate surface area is 123 Å². The van der Waals surface area contributed by atoms with E-state index in [2.05, 4.69) is 26.2 Å². The lowest BCUT2D eigenvalue weighted by Crippen LogP contribution is -2.16. The van der Waals surface area contributed by atoms with Crippen molar-refractivity contribution in [3.63, 3.8) is 0 Å². The number of halogens is 1. The Kier molecular flexibility index (Phi) is 4.14. The molecule has 0 fully saturated rings. The van der Waals surface area contributed by atoms with Gasteiger partial charge in [0.05, 0.1) is 5.56 Å². The third-order valence-corrected chi connectivity index (χ3v) is 3.43. The Morgan fingerprint density at radius 2 is 2.00 bits per heavy atom. The normalized spacial score (nSPS) is 10.1. The zero-order valence-corrected chi connectivity index (χ0v) is 12.1. The number of hydrogen-bond acceptors (Lipinski definition) is 3. The number of nitrogens with one attached hydrogen (secondary N) is 1. The molecule has 0 aliphatic heterocycles. The molecular weight excluding hydrogens is 324 g/mol. The Hall–Kier alpha value is -2.21. The molecule has 0 aliphatic carbocycles. The lowest BCUT2D eigenvalue weighted by atomic mass is 10.1. The highest BCUT2D eigenvalue weighted by molar-refractivity contribution is 9.10. The van der Waals surface area contributed by atoms with E-state index in [-0.39, 0.29) is 11.3 Å². The number of amides is 1. The third kappa shape index (κ3) is 2.85. The fraction of sp³-hybridized carbons (Fsp3) is 0.0714. The quantitative estimate of drug-likeness (QED) is 0.903. The van der Waals surface area contributed by atoms with E-state index >= 15 is 0 Å². The van der Waals surface area contributed by atoms with Crippen LogP contribution in [0, 0.1) is 6.92 Å². The number of carbonyl (C=O) groups excluding carboxylic acids is 1. The highest BCUT2D eigenvalue weighted by Gasteiger charge is 2.15. The maximum absolute atomic E-state index is 12.1. The fourth-order valence-electron chi connectivity index (χ4n) is 1.74. The molecule has 1 aromatic carbocycles. The van der Waals surface area contributed by atoms with Crippen LogP contribution in [-0.2, 0) is 0 Å². The predicted octanol–water partition coefficient (Wildman–Crippen LogP) is 3.10. The van der Waals surface area contributed by atoms with E-state index in [9.17, 15) is 9.59 Å². The van der Waals surface area contributed by atoms with Crippen LogP contribution in [0.25, 0.3) is 0 Å². The summed E-state index contributed by atoms with van der Waals surface area (Å²) in [5, 5.41) is 11.7. The Balaban J connectivity index is 2.32. The van der Waals surface area contributed by atoms with Gasteiger partial charge in [-0.1, -0.05) is 6.07 Å². The number of rotatable bonds is 3. The molecule has 2 aromatic rings. The van der Waals surface area contributed by atoms with Gasteiger partial charge in [0.15, 0.2) is 0 Å². The maximum atomic E-state index is 12.1. The van der Waals surface area contributed by atoms with E-state index in [0.717, 1.165) is 0 Å². The van der Waals surface area contributed by atoms with Crippen molar-refractivity contribution in [1.82, 2.24) is 4.98 Å². The molecule has 0 saturated heterocycles. The summed E-state index contributed by atoms with van der Waals surface area (Å²) in [6.45, 7) is 1.65. The highest BCUT2D eigenvalue weighted by Crippen LogP contribution is 2.21. The van der Waals surface area contributed by atoms with Gasteiger partial charge in [-0.3, -0.25) is 4.79 Å². The van der Waals surface area contributed by atoms with Gasteiger partial charge in [0.2, 0.25) is 0 Å². The van der Waals surface area contributed by atoms with E-state index in [4.69, 9.17) is 5.11 Å². The van der Waals surface area contributed by atoms with Gasteiger partial charge in [-0.15, -0.1) is 0 Å². The second-order valence-electron chi connectivity index (χ2n) is 4.07. The SMILES string of the molecule is Cc1c(NC(=O)c2ncccc2Br)cccc1C(=O)O. The molecule has 0 radical (unpaired) electrons. The number of hydrogen-bond donors (Lipinski definition) is 2. The molecule has 102 valence electrons. The summed E-state index contributed by atoms with van der Waals surface area (Å²) in [4.78, 5) is 27.2. The second kappa shape index (κ2) is 5.83. The Bertz CT molecular complexity index is 686. The van der Waals surface area contributed by atoms with Crippen LogP contribution >= 0.6 is 15.9 Å². The minimum absolute atomic E-state index is 0.155. The number of anilines is 1. The first-order valence-electron chi connectivity index (χ1n) is 5.75. The van der Waals surface area contributed by atoms with Crippen LogP contribution in [-0.4, -0.2) is 22.0 Å². The molecule has 6 heteroatoms. The number of benzene rings is 1. The minimum atomic E-state index is -1.03. The molecule has 2 rings (SSSR count). The summed E-state index contributed by atoms with van der Waals surface area (Å²) < 4.78 is 0.574. The molecule has 0 atom stereocenters. The molecule has 1 aromatic heterocycles. The van der Waals surface area contributed by atoms with Crippen LogP contribution in [0.3, 0.4) is 0 Å². The summed E-state index contributed by atoms with van der Waals surface area (Å²) >= 11 is 3.25. The van der Waals surface area contributed by atoms with Gasteiger partial charge in [-0.25, -0.2) is 9.78 Å². The molecule has 2 N–H and O–H groups in total. The molecule has 1 amide bonds. The van der Waals surface area contributed by atoms with Crippen LogP contribution in [0.5, 0.6) is 0 Å². The zero-order chi connectivity index (χ0) is 14.7. The number of nitrogens with zero attached hydrogens (tertiary/aromatic N) is 1. The lowest BCUT2D eigenvalue weighted by Gasteiger charge is -2.10. The predicted molar refractivity (Wildman–Crippen MR) is 78.0 cm³/mol. The summed E-state index contributed by atoms with van der Waals surface area (Å²) in [5.41, 5.74) is 1.35. The van der Waals surface area contributed by atoms with Gasteiger partial charge in [-0.2, -0.15) is 0 Å². The van der Waals surface area contributed by atoms with Crippen LogP contribution in [0.4, 0.5) is 5.69 Å². The third-order valence-electron chi connectivity index (χ3n) is 2.79. The molecule has 0 bridgehead atoms. The number of pyridine rings is 1. The molecule has 0 spiro atoms. The van der Waals surface area contributed by atoms with Gasteiger partial charge in [-0.05, 0) is 52.7 Å². The highest BCUT2D eigenvalue weighted by atomic mass is 79.9. The van der Waals surface area contributed by atoms with Crippen LogP contribution < -0.4 is 5.32 Å². The van der Waals surface area contributed by atoms with E-state index in [0.29, 0.717) is 15.7 Å². The number of carboxylic acid groups (broad SMARTS) is 1.